The average molecular weight is 288 g/mol. The van der Waals surface area contributed by atoms with Crippen LogP contribution in [0.2, 0.25) is 0 Å². The van der Waals surface area contributed by atoms with Crippen LogP contribution in [0, 0.1) is 0 Å². The first-order chi connectivity index (χ1) is 8.66. The molecule has 4 nitrogen and oxygen atoms in total. The summed E-state index contributed by atoms with van der Waals surface area (Å²) in [7, 11) is 0. The molecule has 2 heterocycles. The van der Waals surface area contributed by atoms with Crippen molar-refractivity contribution in [1.29, 1.82) is 0 Å². The van der Waals surface area contributed by atoms with Gasteiger partial charge in [-0.15, -0.1) is 0 Å². The van der Waals surface area contributed by atoms with Crippen molar-refractivity contribution in [1.82, 2.24) is 10.6 Å². The fourth-order valence-electron chi connectivity index (χ4n) is 2.48. The Kier molecular flexibility index (Phi) is 5.12. The normalized spacial score (nSPS) is 29.6. The first kappa shape index (κ1) is 13.9. The second-order valence-corrected chi connectivity index (χ2v) is 6.49. The highest BCUT2D eigenvalue weighted by atomic mass is 32.2. The molecule has 2 rings (SSSR count). The van der Waals surface area contributed by atoms with Crippen LogP contribution >= 0.6 is 24.0 Å². The summed E-state index contributed by atoms with van der Waals surface area (Å²) in [6.07, 6.45) is 4.49. The summed E-state index contributed by atoms with van der Waals surface area (Å²) in [4.78, 5) is 10.6. The van der Waals surface area contributed by atoms with E-state index in [-0.39, 0.29) is 5.97 Å². The Labute approximate surface area is 118 Å². The van der Waals surface area contributed by atoms with E-state index < -0.39 is 0 Å². The number of carbonyl (C=O) groups is 1. The molecular weight excluding hydrogens is 268 g/mol. The van der Waals surface area contributed by atoms with Crippen LogP contribution in [0.1, 0.15) is 32.6 Å². The van der Waals surface area contributed by atoms with Gasteiger partial charge in [-0.25, -0.2) is 0 Å². The Morgan fingerprint density at radius 1 is 1.44 bits per heavy atom. The summed E-state index contributed by atoms with van der Waals surface area (Å²) in [5.41, 5.74) is 0. The summed E-state index contributed by atoms with van der Waals surface area (Å²) in [5.74, 6) is 0.967. The highest BCUT2D eigenvalue weighted by Gasteiger charge is 2.41. The zero-order valence-electron chi connectivity index (χ0n) is 10.6. The number of nitrogens with one attached hydrogen (secondary N) is 2. The van der Waals surface area contributed by atoms with E-state index >= 15 is 0 Å². The van der Waals surface area contributed by atoms with E-state index in [9.17, 15) is 4.79 Å². The third-order valence-corrected chi connectivity index (χ3v) is 5.12. The van der Waals surface area contributed by atoms with Crippen LogP contribution < -0.4 is 10.6 Å². The van der Waals surface area contributed by atoms with E-state index in [1.807, 2.05) is 11.8 Å². The second kappa shape index (κ2) is 6.61. The largest absolute Gasteiger partial charge is 0.466 e. The SMILES string of the molecule is CC(=O)OCCCCCC1SCC2NC(=S)NC21. The zero-order chi connectivity index (χ0) is 13.0. The Morgan fingerprint density at radius 3 is 3.06 bits per heavy atom. The number of hydrogen-bond donors (Lipinski definition) is 2. The van der Waals surface area contributed by atoms with E-state index in [2.05, 4.69) is 10.6 Å². The molecular formula is C12H20N2O2S2. The van der Waals surface area contributed by atoms with Gasteiger partial charge in [0, 0.05) is 17.9 Å². The number of esters is 1. The lowest BCUT2D eigenvalue weighted by atomic mass is 10.0. The van der Waals surface area contributed by atoms with E-state index in [1.54, 1.807) is 0 Å². The number of hydrogen-bond acceptors (Lipinski definition) is 4. The van der Waals surface area contributed by atoms with Crippen LogP contribution in [0.3, 0.4) is 0 Å². The monoisotopic (exact) mass is 288 g/mol. The predicted molar refractivity (Wildman–Crippen MR) is 77.8 cm³/mol. The Hall–Kier alpha value is -0.490. The number of rotatable bonds is 6. The van der Waals surface area contributed by atoms with Crippen molar-refractivity contribution in [3.05, 3.63) is 0 Å². The van der Waals surface area contributed by atoms with E-state index in [4.69, 9.17) is 17.0 Å². The van der Waals surface area contributed by atoms with Gasteiger partial charge < -0.3 is 15.4 Å². The van der Waals surface area contributed by atoms with Gasteiger partial charge in [0.15, 0.2) is 5.11 Å². The highest BCUT2D eigenvalue weighted by molar-refractivity contribution is 8.00. The standard InChI is InChI=1S/C12H20N2O2S2/c1-8(15)16-6-4-2-3-5-10-11-9(7-18-10)13-12(17)14-11/h9-11H,2-7H2,1H3,(H2,13,14,17). The molecule has 18 heavy (non-hydrogen) atoms. The molecule has 0 bridgehead atoms. The van der Waals surface area contributed by atoms with Gasteiger partial charge in [-0.2, -0.15) is 11.8 Å². The summed E-state index contributed by atoms with van der Waals surface area (Å²) >= 11 is 7.18. The number of carbonyl (C=O) groups excluding carboxylic acids is 1. The van der Waals surface area contributed by atoms with Gasteiger partial charge in [0.05, 0.1) is 18.7 Å². The molecule has 2 aliphatic heterocycles. The smallest absolute Gasteiger partial charge is 0.302 e. The molecule has 6 heteroatoms. The van der Waals surface area contributed by atoms with Crippen molar-refractivity contribution >= 4 is 35.1 Å². The van der Waals surface area contributed by atoms with Crippen LogP contribution in [0.15, 0.2) is 0 Å². The Bertz CT molecular complexity index is 325. The zero-order valence-corrected chi connectivity index (χ0v) is 12.2. The lowest BCUT2D eigenvalue weighted by Crippen LogP contribution is -2.36. The van der Waals surface area contributed by atoms with Crippen molar-refractivity contribution in [2.24, 2.45) is 0 Å². The molecule has 0 aromatic rings. The van der Waals surface area contributed by atoms with Crippen molar-refractivity contribution < 1.29 is 9.53 Å². The van der Waals surface area contributed by atoms with Crippen LogP contribution in [0.5, 0.6) is 0 Å². The molecule has 0 spiro atoms. The first-order valence-corrected chi connectivity index (χ1v) is 7.94. The van der Waals surface area contributed by atoms with E-state index in [0.29, 0.717) is 23.9 Å². The number of thioether (sulfide) groups is 1. The second-order valence-electron chi connectivity index (χ2n) is 4.81. The minimum Gasteiger partial charge on any atom is -0.466 e. The van der Waals surface area contributed by atoms with Crippen molar-refractivity contribution in [2.45, 2.75) is 49.9 Å². The van der Waals surface area contributed by atoms with Crippen LogP contribution in [-0.2, 0) is 9.53 Å². The summed E-state index contributed by atoms with van der Waals surface area (Å²) in [5, 5.41) is 8.15. The summed E-state index contributed by atoms with van der Waals surface area (Å²) in [6.45, 7) is 2.01. The van der Waals surface area contributed by atoms with Gasteiger partial charge in [0.2, 0.25) is 0 Å². The lowest BCUT2D eigenvalue weighted by molar-refractivity contribution is -0.141. The van der Waals surface area contributed by atoms with E-state index in [0.717, 1.165) is 23.7 Å². The molecule has 2 aliphatic rings. The van der Waals surface area contributed by atoms with Crippen LogP contribution in [-0.4, -0.2) is 40.8 Å². The van der Waals surface area contributed by atoms with Crippen molar-refractivity contribution in [2.75, 3.05) is 12.4 Å². The molecule has 2 saturated heterocycles. The van der Waals surface area contributed by atoms with E-state index in [1.165, 1.54) is 19.8 Å². The van der Waals surface area contributed by atoms with Crippen molar-refractivity contribution in [3.8, 4) is 0 Å². The van der Waals surface area contributed by atoms with Gasteiger partial charge in [0.25, 0.3) is 0 Å². The molecule has 102 valence electrons. The number of thiocarbonyl (C=S) groups is 1. The third-order valence-electron chi connectivity index (χ3n) is 3.38. The fraction of sp³-hybridized carbons (Fsp3) is 0.833. The van der Waals surface area contributed by atoms with Gasteiger partial charge in [-0.05, 0) is 25.1 Å². The molecule has 3 atom stereocenters. The molecule has 2 fully saturated rings. The lowest BCUT2D eigenvalue weighted by Gasteiger charge is -2.16. The molecule has 0 aromatic carbocycles. The topological polar surface area (TPSA) is 50.4 Å². The van der Waals surface area contributed by atoms with Gasteiger partial charge in [-0.3, -0.25) is 4.79 Å². The first-order valence-electron chi connectivity index (χ1n) is 6.49. The minimum atomic E-state index is -0.182. The molecule has 3 unspecified atom stereocenters. The number of fused-ring (bicyclic) bond motifs is 1. The molecule has 0 radical (unpaired) electrons. The maximum Gasteiger partial charge on any atom is 0.302 e. The van der Waals surface area contributed by atoms with Gasteiger partial charge in [-0.1, -0.05) is 12.8 Å². The molecule has 2 N–H and O–H groups in total. The maximum atomic E-state index is 10.6. The minimum absolute atomic E-state index is 0.182. The molecule has 0 aliphatic carbocycles. The third kappa shape index (κ3) is 3.75. The Morgan fingerprint density at radius 2 is 2.28 bits per heavy atom. The number of ether oxygens (including phenoxy) is 1. The maximum absolute atomic E-state index is 10.6. The summed E-state index contributed by atoms with van der Waals surface area (Å²) < 4.78 is 4.91. The van der Waals surface area contributed by atoms with Gasteiger partial charge in [0.1, 0.15) is 0 Å². The van der Waals surface area contributed by atoms with Crippen molar-refractivity contribution in [3.63, 3.8) is 0 Å². The Balaban J connectivity index is 1.57. The van der Waals surface area contributed by atoms with Crippen LogP contribution in [0.4, 0.5) is 0 Å². The highest BCUT2D eigenvalue weighted by Crippen LogP contribution is 2.33. The fourth-order valence-corrected chi connectivity index (χ4v) is 4.31. The number of unbranched alkanes of at least 4 members (excludes halogenated alkanes) is 2. The van der Waals surface area contributed by atoms with Gasteiger partial charge >= 0.3 is 5.97 Å². The van der Waals surface area contributed by atoms with Crippen LogP contribution in [0.25, 0.3) is 0 Å². The predicted octanol–water partition coefficient (Wildman–Crippen LogP) is 1.44. The average Bonchev–Trinajstić information content (AvgIpc) is 2.83. The molecule has 0 aromatic heterocycles. The quantitative estimate of drug-likeness (QED) is 0.438. The molecule has 0 amide bonds. The molecule has 0 saturated carbocycles. The summed E-state index contributed by atoms with van der Waals surface area (Å²) in [6, 6.07) is 1.03.